The van der Waals surface area contributed by atoms with E-state index in [-0.39, 0.29) is 11.8 Å². The van der Waals surface area contributed by atoms with Crippen molar-refractivity contribution in [1.82, 2.24) is 20.3 Å². The number of carbonyl (C=O) groups excluding carboxylic acids is 1. The average molecular weight is 321 g/mol. The van der Waals surface area contributed by atoms with Gasteiger partial charge >= 0.3 is 0 Å². The number of nitrogens with one attached hydrogen (secondary N) is 2. The van der Waals surface area contributed by atoms with Gasteiger partial charge in [-0.05, 0) is 31.4 Å². The number of hydrogen-bond acceptors (Lipinski definition) is 4. The Hall–Kier alpha value is -2.63. The largest absolute Gasteiger partial charge is 0.370 e. The van der Waals surface area contributed by atoms with Gasteiger partial charge in [-0.1, -0.05) is 0 Å². The zero-order chi connectivity index (χ0) is 16.1. The molecule has 4 heterocycles. The van der Waals surface area contributed by atoms with Crippen LogP contribution in [-0.4, -0.2) is 40.0 Å². The maximum atomic E-state index is 12.3. The first-order chi connectivity index (χ1) is 11.8. The van der Waals surface area contributed by atoms with E-state index in [0.717, 1.165) is 60.0 Å². The number of amides is 1. The van der Waals surface area contributed by atoms with Crippen LogP contribution >= 0.6 is 0 Å². The predicted molar refractivity (Wildman–Crippen MR) is 92.9 cm³/mol. The van der Waals surface area contributed by atoms with Crippen LogP contribution in [-0.2, 0) is 4.79 Å². The Labute approximate surface area is 139 Å². The molecule has 5 rings (SSSR count). The Kier molecular flexibility index (Phi) is 2.98. The number of aromatic nitrogens is 3. The number of hydrogen-bond donors (Lipinski definition) is 2. The highest BCUT2D eigenvalue weighted by atomic mass is 16.2. The Morgan fingerprint density at radius 3 is 3.04 bits per heavy atom. The molecule has 0 bridgehead atoms. The maximum absolute atomic E-state index is 12.3. The summed E-state index contributed by atoms with van der Waals surface area (Å²) in [6.45, 7) is 1.67. The van der Waals surface area contributed by atoms with E-state index in [1.807, 2.05) is 24.7 Å². The molecule has 2 aliphatic rings. The minimum absolute atomic E-state index is 0.0809. The van der Waals surface area contributed by atoms with E-state index < -0.39 is 0 Å². The Morgan fingerprint density at radius 2 is 2.17 bits per heavy atom. The lowest BCUT2D eigenvalue weighted by Crippen LogP contribution is -2.34. The van der Waals surface area contributed by atoms with Crippen LogP contribution in [0.4, 0.5) is 5.69 Å². The molecular formula is C18H19N5O. The number of fused-ring (bicyclic) bond motifs is 3. The molecule has 0 spiro atoms. The third-order valence-electron chi connectivity index (χ3n) is 5.09. The number of carbonyl (C=O) groups is 1. The number of nitrogens with zero attached hydrogens (tertiary/aromatic N) is 3. The summed E-state index contributed by atoms with van der Waals surface area (Å²) in [6, 6.07) is 4.53. The molecule has 24 heavy (non-hydrogen) atoms. The van der Waals surface area contributed by atoms with Crippen molar-refractivity contribution in [2.24, 2.45) is 5.92 Å². The zero-order valence-electron chi connectivity index (χ0n) is 13.3. The first-order valence-electron chi connectivity index (χ1n) is 8.56. The van der Waals surface area contributed by atoms with Gasteiger partial charge in [-0.15, -0.1) is 0 Å². The van der Waals surface area contributed by atoms with Crippen LogP contribution in [0, 0.1) is 5.92 Å². The second-order valence-corrected chi connectivity index (χ2v) is 6.80. The van der Waals surface area contributed by atoms with Gasteiger partial charge < -0.3 is 15.2 Å². The number of anilines is 1. The van der Waals surface area contributed by atoms with Gasteiger partial charge in [0.15, 0.2) is 0 Å². The van der Waals surface area contributed by atoms with Crippen molar-refractivity contribution < 1.29 is 4.79 Å². The summed E-state index contributed by atoms with van der Waals surface area (Å²) in [4.78, 5) is 26.7. The van der Waals surface area contributed by atoms with Gasteiger partial charge in [0.2, 0.25) is 5.91 Å². The molecule has 1 aliphatic carbocycles. The van der Waals surface area contributed by atoms with Crippen molar-refractivity contribution in [3.63, 3.8) is 0 Å². The molecule has 1 saturated heterocycles. The smallest absolute Gasteiger partial charge is 0.225 e. The molecule has 1 aliphatic heterocycles. The standard InChI is InChI=1S/C18H19N5O/c24-18(22-12-1-2-12)11-5-8-23(10-11)15-4-7-19-14-9-21-17-13(16(14)15)3-6-20-17/h3-4,6-7,9,11-12H,1-2,5,8,10H2,(H,20,21)(H,22,24). The molecule has 1 atom stereocenters. The number of H-pyrrole nitrogens is 1. The van der Waals surface area contributed by atoms with Crippen molar-refractivity contribution >= 4 is 33.5 Å². The highest BCUT2D eigenvalue weighted by Crippen LogP contribution is 2.34. The van der Waals surface area contributed by atoms with Crippen molar-refractivity contribution in [3.8, 4) is 0 Å². The van der Waals surface area contributed by atoms with Crippen LogP contribution in [0.1, 0.15) is 19.3 Å². The van der Waals surface area contributed by atoms with E-state index in [4.69, 9.17) is 0 Å². The van der Waals surface area contributed by atoms with Gasteiger partial charge in [0.1, 0.15) is 5.65 Å². The molecule has 2 fully saturated rings. The molecule has 1 unspecified atom stereocenters. The predicted octanol–water partition coefficient (Wildman–Crippen LogP) is 2.22. The van der Waals surface area contributed by atoms with Crippen LogP contribution < -0.4 is 10.2 Å². The van der Waals surface area contributed by atoms with Gasteiger partial charge in [0, 0.05) is 48.0 Å². The van der Waals surface area contributed by atoms with E-state index >= 15 is 0 Å². The molecule has 2 N–H and O–H groups in total. The second kappa shape index (κ2) is 5.19. The van der Waals surface area contributed by atoms with Crippen LogP contribution in [0.15, 0.2) is 30.7 Å². The molecule has 1 amide bonds. The first-order valence-corrected chi connectivity index (χ1v) is 8.56. The molecule has 3 aromatic rings. The molecule has 1 saturated carbocycles. The summed E-state index contributed by atoms with van der Waals surface area (Å²) in [6.07, 6.45) is 8.72. The first kappa shape index (κ1) is 13.8. The van der Waals surface area contributed by atoms with Crippen molar-refractivity contribution in [2.75, 3.05) is 18.0 Å². The third kappa shape index (κ3) is 2.21. The fourth-order valence-corrected chi connectivity index (χ4v) is 3.64. The lowest BCUT2D eigenvalue weighted by atomic mass is 10.1. The van der Waals surface area contributed by atoms with Crippen molar-refractivity contribution in [2.45, 2.75) is 25.3 Å². The average Bonchev–Trinajstić information content (AvgIpc) is 3.12. The third-order valence-corrected chi connectivity index (χ3v) is 5.09. The fraction of sp³-hybridized carbons (Fsp3) is 0.389. The highest BCUT2D eigenvalue weighted by Gasteiger charge is 2.32. The number of pyridine rings is 2. The molecule has 3 aromatic heterocycles. The van der Waals surface area contributed by atoms with Crippen LogP contribution in [0.3, 0.4) is 0 Å². The molecule has 6 nitrogen and oxygen atoms in total. The van der Waals surface area contributed by atoms with Crippen LogP contribution in [0.25, 0.3) is 21.9 Å². The molecule has 0 aromatic carbocycles. The number of aromatic amines is 1. The minimum atomic E-state index is 0.0809. The normalized spacial score (nSPS) is 20.8. The van der Waals surface area contributed by atoms with E-state index in [1.165, 1.54) is 0 Å². The van der Waals surface area contributed by atoms with E-state index in [0.29, 0.717) is 6.04 Å². The van der Waals surface area contributed by atoms with Gasteiger partial charge in [-0.3, -0.25) is 9.78 Å². The number of rotatable bonds is 3. The summed E-state index contributed by atoms with van der Waals surface area (Å²) in [7, 11) is 0. The van der Waals surface area contributed by atoms with Crippen LogP contribution in [0.2, 0.25) is 0 Å². The second-order valence-electron chi connectivity index (χ2n) is 6.80. The van der Waals surface area contributed by atoms with Crippen LogP contribution in [0.5, 0.6) is 0 Å². The zero-order valence-corrected chi connectivity index (χ0v) is 13.3. The lowest BCUT2D eigenvalue weighted by molar-refractivity contribution is -0.124. The summed E-state index contributed by atoms with van der Waals surface area (Å²) in [5.74, 6) is 0.296. The summed E-state index contributed by atoms with van der Waals surface area (Å²) in [5.41, 5.74) is 2.91. The molecule has 0 radical (unpaired) electrons. The minimum Gasteiger partial charge on any atom is -0.370 e. The van der Waals surface area contributed by atoms with E-state index in [2.05, 4.69) is 31.2 Å². The summed E-state index contributed by atoms with van der Waals surface area (Å²) < 4.78 is 0. The van der Waals surface area contributed by atoms with Crippen molar-refractivity contribution in [1.29, 1.82) is 0 Å². The van der Waals surface area contributed by atoms with E-state index in [9.17, 15) is 4.79 Å². The molecular weight excluding hydrogens is 302 g/mol. The molecule has 122 valence electrons. The summed E-state index contributed by atoms with van der Waals surface area (Å²) >= 11 is 0. The Morgan fingerprint density at radius 1 is 1.25 bits per heavy atom. The van der Waals surface area contributed by atoms with Gasteiger partial charge in [-0.25, -0.2) is 4.98 Å². The van der Waals surface area contributed by atoms with Gasteiger partial charge in [-0.2, -0.15) is 0 Å². The lowest BCUT2D eigenvalue weighted by Gasteiger charge is -2.20. The van der Waals surface area contributed by atoms with Crippen molar-refractivity contribution in [3.05, 3.63) is 30.7 Å². The van der Waals surface area contributed by atoms with Gasteiger partial charge in [0.05, 0.1) is 17.6 Å². The highest BCUT2D eigenvalue weighted by molar-refractivity contribution is 6.10. The summed E-state index contributed by atoms with van der Waals surface area (Å²) in [5, 5.41) is 5.34. The molecule has 6 heteroatoms. The maximum Gasteiger partial charge on any atom is 0.225 e. The Bertz CT molecular complexity index is 929. The quantitative estimate of drug-likeness (QED) is 0.776. The SMILES string of the molecule is O=C(NC1CC1)C1CCN(c2ccnc3cnc4[nH]ccc4c23)C1. The fourth-order valence-electron chi connectivity index (χ4n) is 3.64. The monoisotopic (exact) mass is 321 g/mol. The Balaban J connectivity index is 1.50. The van der Waals surface area contributed by atoms with Gasteiger partial charge in [0.25, 0.3) is 0 Å². The topological polar surface area (TPSA) is 73.9 Å². The van der Waals surface area contributed by atoms with E-state index in [1.54, 1.807) is 0 Å².